The predicted octanol–water partition coefficient (Wildman–Crippen LogP) is 1.12. The summed E-state index contributed by atoms with van der Waals surface area (Å²) < 4.78 is 4.48. The smallest absolute Gasteiger partial charge is 0.338 e. The van der Waals surface area contributed by atoms with Crippen LogP contribution in [0.25, 0.3) is 0 Å². The highest BCUT2D eigenvalue weighted by Crippen LogP contribution is 2.22. The Kier molecular flexibility index (Phi) is 3.71. The van der Waals surface area contributed by atoms with Gasteiger partial charge in [-0.2, -0.15) is 0 Å². The average Bonchev–Trinajstić information content (AvgIpc) is 2.28. The summed E-state index contributed by atoms with van der Waals surface area (Å²) in [5.41, 5.74) is -0.131. The van der Waals surface area contributed by atoms with E-state index in [9.17, 15) is 19.7 Å². The zero-order valence-electron chi connectivity index (χ0n) is 8.50. The minimum Gasteiger partial charge on any atom is -0.465 e. The molecule has 0 aromatic heterocycles. The number of nitro groups is 1. The van der Waals surface area contributed by atoms with Crippen molar-refractivity contribution in [2.75, 3.05) is 7.11 Å². The maximum absolute atomic E-state index is 11.3. The van der Waals surface area contributed by atoms with Crippen LogP contribution in [0.2, 0.25) is 0 Å². The van der Waals surface area contributed by atoms with Crippen LogP contribution in [0.4, 0.5) is 5.69 Å². The lowest BCUT2D eigenvalue weighted by Crippen LogP contribution is -2.08. The number of methoxy groups -OCH3 is 1. The van der Waals surface area contributed by atoms with Gasteiger partial charge in [0.2, 0.25) is 0 Å². The topological polar surface area (TPSA) is 86.5 Å². The first-order valence-electron chi connectivity index (χ1n) is 4.40. The predicted molar refractivity (Wildman–Crippen MR) is 54.2 cm³/mol. The van der Waals surface area contributed by atoms with Gasteiger partial charge in [0, 0.05) is 12.5 Å². The molecule has 0 bridgehead atoms. The SMILES string of the molecule is COC(=O)c1cccc([N+](=O)[O-])c1CC=O. The minimum absolute atomic E-state index is 0.0452. The molecule has 0 radical (unpaired) electrons. The lowest BCUT2D eigenvalue weighted by atomic mass is 10.0. The van der Waals surface area contributed by atoms with E-state index in [4.69, 9.17) is 0 Å². The fourth-order valence-electron chi connectivity index (χ4n) is 1.34. The summed E-state index contributed by atoms with van der Waals surface area (Å²) in [6, 6.07) is 4.00. The second-order valence-corrected chi connectivity index (χ2v) is 2.92. The van der Waals surface area contributed by atoms with Crippen molar-refractivity contribution >= 4 is 17.9 Å². The molecule has 0 amide bonds. The molecule has 0 saturated carbocycles. The van der Waals surface area contributed by atoms with E-state index in [1.807, 2.05) is 0 Å². The number of rotatable bonds is 4. The lowest BCUT2D eigenvalue weighted by molar-refractivity contribution is -0.385. The fraction of sp³-hybridized carbons (Fsp3) is 0.200. The zero-order chi connectivity index (χ0) is 12.1. The van der Waals surface area contributed by atoms with Crippen molar-refractivity contribution < 1.29 is 19.2 Å². The number of esters is 1. The molecular formula is C10H9NO5. The Balaban J connectivity index is 3.37. The van der Waals surface area contributed by atoms with Crippen molar-refractivity contribution in [2.24, 2.45) is 0 Å². The Bertz CT molecular complexity index is 441. The summed E-state index contributed by atoms with van der Waals surface area (Å²) >= 11 is 0. The Labute approximate surface area is 91.0 Å². The Morgan fingerprint density at radius 3 is 2.75 bits per heavy atom. The quantitative estimate of drug-likeness (QED) is 0.330. The van der Waals surface area contributed by atoms with Gasteiger partial charge in [-0.15, -0.1) is 0 Å². The first-order chi connectivity index (χ1) is 7.61. The van der Waals surface area contributed by atoms with E-state index in [0.29, 0.717) is 6.29 Å². The molecule has 0 N–H and O–H groups in total. The third-order valence-corrected chi connectivity index (χ3v) is 2.04. The van der Waals surface area contributed by atoms with Crippen LogP contribution < -0.4 is 0 Å². The molecule has 0 aliphatic carbocycles. The highest BCUT2D eigenvalue weighted by molar-refractivity contribution is 5.93. The summed E-state index contributed by atoms with van der Waals surface area (Å²) in [7, 11) is 1.17. The molecule has 0 atom stereocenters. The maximum atomic E-state index is 11.3. The number of hydrogen-bond acceptors (Lipinski definition) is 5. The monoisotopic (exact) mass is 223 g/mol. The maximum Gasteiger partial charge on any atom is 0.338 e. The summed E-state index contributed by atoms with van der Waals surface area (Å²) in [4.78, 5) is 31.8. The number of nitrogens with zero attached hydrogens (tertiary/aromatic N) is 1. The van der Waals surface area contributed by atoms with Crippen LogP contribution in [0.5, 0.6) is 0 Å². The molecule has 1 rings (SSSR count). The van der Waals surface area contributed by atoms with Gasteiger partial charge in [-0.3, -0.25) is 10.1 Å². The van der Waals surface area contributed by atoms with Gasteiger partial charge in [0.25, 0.3) is 5.69 Å². The molecule has 0 heterocycles. The second kappa shape index (κ2) is 5.01. The Morgan fingerprint density at radius 2 is 2.25 bits per heavy atom. The summed E-state index contributed by atoms with van der Waals surface area (Å²) in [6.45, 7) is 0. The van der Waals surface area contributed by atoms with Gasteiger partial charge in [0.15, 0.2) is 0 Å². The molecule has 16 heavy (non-hydrogen) atoms. The van der Waals surface area contributed by atoms with Gasteiger partial charge in [-0.1, -0.05) is 6.07 Å². The van der Waals surface area contributed by atoms with Crippen LogP contribution in [0.1, 0.15) is 15.9 Å². The number of ether oxygens (including phenoxy) is 1. The van der Waals surface area contributed by atoms with Gasteiger partial charge < -0.3 is 9.53 Å². The molecule has 84 valence electrons. The average molecular weight is 223 g/mol. The van der Waals surface area contributed by atoms with Gasteiger partial charge in [0.05, 0.1) is 23.2 Å². The third-order valence-electron chi connectivity index (χ3n) is 2.04. The summed E-state index contributed by atoms with van der Waals surface area (Å²) in [6.07, 6.45) is 0.316. The molecule has 6 heteroatoms. The molecule has 0 aliphatic rings. The standard InChI is InChI=1S/C10H9NO5/c1-16-10(13)8-3-2-4-9(11(14)15)7(8)5-6-12/h2-4,6H,5H2,1H3. The Hall–Kier alpha value is -2.24. The van der Waals surface area contributed by atoms with E-state index in [-0.39, 0.29) is 23.2 Å². The number of benzene rings is 1. The molecule has 0 spiro atoms. The van der Waals surface area contributed by atoms with Crippen molar-refractivity contribution in [2.45, 2.75) is 6.42 Å². The number of carbonyl (C=O) groups is 2. The van der Waals surface area contributed by atoms with Crippen LogP contribution in [0.3, 0.4) is 0 Å². The van der Waals surface area contributed by atoms with E-state index >= 15 is 0 Å². The lowest BCUT2D eigenvalue weighted by Gasteiger charge is -2.05. The van der Waals surface area contributed by atoms with Crippen molar-refractivity contribution in [3.63, 3.8) is 0 Å². The summed E-state index contributed by atoms with van der Waals surface area (Å²) in [5.74, 6) is -0.694. The number of carbonyl (C=O) groups excluding carboxylic acids is 2. The molecular weight excluding hydrogens is 214 g/mol. The van der Waals surface area contributed by atoms with E-state index < -0.39 is 10.9 Å². The van der Waals surface area contributed by atoms with Gasteiger partial charge in [-0.25, -0.2) is 4.79 Å². The number of nitro benzene ring substituents is 1. The van der Waals surface area contributed by atoms with Gasteiger partial charge in [-0.05, 0) is 6.07 Å². The molecule has 6 nitrogen and oxygen atoms in total. The molecule has 1 aromatic rings. The number of aldehydes is 1. The highest BCUT2D eigenvalue weighted by Gasteiger charge is 2.21. The van der Waals surface area contributed by atoms with Crippen molar-refractivity contribution in [3.8, 4) is 0 Å². The molecule has 1 aromatic carbocycles. The summed E-state index contributed by atoms with van der Waals surface area (Å²) in [5, 5.41) is 10.7. The normalized spacial score (nSPS) is 9.56. The van der Waals surface area contributed by atoms with Crippen molar-refractivity contribution in [3.05, 3.63) is 39.4 Å². The molecule has 0 unspecified atom stereocenters. The van der Waals surface area contributed by atoms with Crippen LogP contribution in [0.15, 0.2) is 18.2 Å². The minimum atomic E-state index is -0.694. The van der Waals surface area contributed by atoms with Crippen molar-refractivity contribution in [1.82, 2.24) is 0 Å². The molecule has 0 saturated heterocycles. The van der Waals surface area contributed by atoms with Crippen LogP contribution in [-0.4, -0.2) is 24.3 Å². The zero-order valence-corrected chi connectivity index (χ0v) is 8.50. The van der Waals surface area contributed by atoms with Crippen LogP contribution in [0, 0.1) is 10.1 Å². The largest absolute Gasteiger partial charge is 0.465 e. The Morgan fingerprint density at radius 1 is 1.56 bits per heavy atom. The van der Waals surface area contributed by atoms with Crippen LogP contribution >= 0.6 is 0 Å². The highest BCUT2D eigenvalue weighted by atomic mass is 16.6. The van der Waals surface area contributed by atoms with E-state index in [0.717, 1.165) is 0 Å². The van der Waals surface area contributed by atoms with Gasteiger partial charge >= 0.3 is 5.97 Å². The van der Waals surface area contributed by atoms with Crippen molar-refractivity contribution in [1.29, 1.82) is 0 Å². The van der Waals surface area contributed by atoms with E-state index in [2.05, 4.69) is 4.74 Å². The molecule has 0 aliphatic heterocycles. The first-order valence-corrected chi connectivity index (χ1v) is 4.40. The molecule has 0 fully saturated rings. The van der Waals surface area contributed by atoms with E-state index in [1.54, 1.807) is 0 Å². The first kappa shape index (κ1) is 11.8. The van der Waals surface area contributed by atoms with Crippen LogP contribution in [-0.2, 0) is 16.0 Å². The fourth-order valence-corrected chi connectivity index (χ4v) is 1.34. The second-order valence-electron chi connectivity index (χ2n) is 2.92. The van der Waals surface area contributed by atoms with Gasteiger partial charge in [0.1, 0.15) is 6.29 Å². The number of hydrogen-bond donors (Lipinski definition) is 0. The third kappa shape index (κ3) is 2.22. The van der Waals surface area contributed by atoms with E-state index in [1.165, 1.54) is 25.3 Å².